The molecule has 34 heavy (non-hydrogen) atoms. The lowest BCUT2D eigenvalue weighted by atomic mass is 10.3. The molecular formula is C22H26ClN6O2PS2. The molecule has 2 aromatic carbocycles. The summed E-state index contributed by atoms with van der Waals surface area (Å²) in [6.07, 6.45) is 3.44. The first-order chi connectivity index (χ1) is 16.1. The molecule has 3 rings (SSSR count). The number of halogens is 1. The van der Waals surface area contributed by atoms with Crippen LogP contribution in [-0.4, -0.2) is 56.0 Å². The normalized spacial score (nSPS) is 12.0. The summed E-state index contributed by atoms with van der Waals surface area (Å²) in [6.45, 7) is 0. The van der Waals surface area contributed by atoms with E-state index in [0.29, 0.717) is 11.4 Å². The molecule has 0 bridgehead atoms. The molecule has 0 spiro atoms. The van der Waals surface area contributed by atoms with Crippen molar-refractivity contribution in [2.45, 2.75) is 4.90 Å². The summed E-state index contributed by atoms with van der Waals surface area (Å²) in [6, 6.07) is 17.0. The molecule has 3 aromatic rings. The molecule has 8 nitrogen and oxygen atoms in total. The van der Waals surface area contributed by atoms with Gasteiger partial charge in [-0.2, -0.15) is 0 Å². The van der Waals surface area contributed by atoms with Crippen LogP contribution >= 0.6 is 31.2 Å². The third-order valence-corrected chi connectivity index (χ3v) is 10.7. The number of anilines is 2. The third kappa shape index (κ3) is 5.83. The molecule has 0 aliphatic heterocycles. The van der Waals surface area contributed by atoms with Crippen molar-refractivity contribution in [3.05, 3.63) is 78.1 Å². The number of aromatic nitrogens is 1. The van der Waals surface area contributed by atoms with Gasteiger partial charge in [0.15, 0.2) is 5.11 Å². The molecule has 0 atom stereocenters. The Kier molecular flexibility index (Phi) is 8.46. The molecule has 0 aliphatic carbocycles. The van der Waals surface area contributed by atoms with E-state index < -0.39 is 17.4 Å². The summed E-state index contributed by atoms with van der Waals surface area (Å²) >= 11 is 11.8. The summed E-state index contributed by atoms with van der Waals surface area (Å²) in [4.78, 5) is 4.04. The van der Waals surface area contributed by atoms with Crippen LogP contribution in [0.5, 0.6) is 0 Å². The Morgan fingerprint density at radius 1 is 0.971 bits per heavy atom. The lowest BCUT2D eigenvalue weighted by Crippen LogP contribution is -2.30. The van der Waals surface area contributed by atoms with E-state index in [2.05, 4.69) is 15.0 Å². The highest BCUT2D eigenvalue weighted by Crippen LogP contribution is 2.52. The fourth-order valence-corrected chi connectivity index (χ4v) is 8.37. The number of sulfonamides is 1. The second-order valence-electron chi connectivity index (χ2n) is 7.62. The van der Waals surface area contributed by atoms with E-state index in [0.717, 1.165) is 5.30 Å². The molecule has 180 valence electrons. The zero-order valence-electron chi connectivity index (χ0n) is 19.2. The zero-order chi connectivity index (χ0) is 24.9. The number of para-hydroxylation sites is 1. The number of nitrogens with one attached hydrogen (secondary N) is 2. The van der Waals surface area contributed by atoms with Gasteiger partial charge in [-0.25, -0.2) is 13.2 Å². The Morgan fingerprint density at radius 3 is 2.18 bits per heavy atom. The maximum atomic E-state index is 13.0. The van der Waals surface area contributed by atoms with Crippen molar-refractivity contribution < 1.29 is 8.42 Å². The molecule has 1 heterocycles. The molecule has 0 saturated carbocycles. The molecule has 0 radical (unpaired) electrons. The van der Waals surface area contributed by atoms with Gasteiger partial charge in [-0.15, -0.1) is 0 Å². The predicted molar refractivity (Wildman–Crippen MR) is 146 cm³/mol. The number of rotatable bonds is 7. The van der Waals surface area contributed by atoms with Gasteiger partial charge < -0.3 is 5.32 Å². The summed E-state index contributed by atoms with van der Waals surface area (Å²) in [7, 11) is 1.47. The summed E-state index contributed by atoms with van der Waals surface area (Å²) < 4.78 is 37.4. The van der Waals surface area contributed by atoms with Gasteiger partial charge in [0.1, 0.15) is 12.3 Å². The number of hydrogen-bond donors (Lipinski definition) is 2. The molecule has 2 N–H and O–H groups in total. The monoisotopic (exact) mass is 536 g/mol. The van der Waals surface area contributed by atoms with Gasteiger partial charge in [-0.05, 0) is 82.9 Å². The Morgan fingerprint density at radius 2 is 1.59 bits per heavy atom. The standard InChI is InChI=1S/C22H26ClN6O2PS2/c1-28(2)32(29(3)4,19-12-14-24-15-13-19)26-22(33)25-18-10-11-20(23)21(16-18)34(30,31)27-17-8-6-5-7-9-17/h5-16,27H,1-4H3,(H,25,33). The van der Waals surface area contributed by atoms with E-state index in [1.807, 2.05) is 49.7 Å². The van der Waals surface area contributed by atoms with Crippen LogP contribution < -0.4 is 15.3 Å². The van der Waals surface area contributed by atoms with Crippen molar-refractivity contribution in [1.29, 1.82) is 0 Å². The SMILES string of the molecule is CN(C)P(=NC(=S)Nc1ccc(Cl)c(S(=O)(=O)Nc2ccccc2)c1)(c1ccncc1)N(C)C. The van der Waals surface area contributed by atoms with Gasteiger partial charge in [0.25, 0.3) is 10.0 Å². The average molecular weight is 537 g/mol. The molecule has 0 amide bonds. The Balaban J connectivity index is 1.96. The summed E-state index contributed by atoms with van der Waals surface area (Å²) in [5.41, 5.74) is 0.892. The van der Waals surface area contributed by atoms with Crippen LogP contribution in [0.25, 0.3) is 0 Å². The molecule has 12 heteroatoms. The van der Waals surface area contributed by atoms with Crippen molar-refractivity contribution in [3.8, 4) is 0 Å². The topological polar surface area (TPSA) is 89.9 Å². The fraction of sp³-hybridized carbons (Fsp3) is 0.182. The Hall–Kier alpha value is -2.33. The fourth-order valence-electron chi connectivity index (χ4n) is 3.38. The minimum absolute atomic E-state index is 0.0683. The number of thiocarbonyl (C=S) groups is 1. The summed E-state index contributed by atoms with van der Waals surface area (Å²) in [5, 5.41) is 4.34. The molecular weight excluding hydrogens is 511 g/mol. The minimum atomic E-state index is -3.92. The Labute approximate surface area is 211 Å². The molecule has 0 unspecified atom stereocenters. The van der Waals surface area contributed by atoms with Crippen LogP contribution in [-0.2, 0) is 10.0 Å². The van der Waals surface area contributed by atoms with Crippen LogP contribution in [0.15, 0.2) is 82.7 Å². The highest BCUT2D eigenvalue weighted by atomic mass is 35.5. The van der Waals surface area contributed by atoms with Crippen molar-refractivity contribution in [1.82, 2.24) is 14.3 Å². The van der Waals surface area contributed by atoms with Gasteiger partial charge in [-0.3, -0.25) is 19.0 Å². The van der Waals surface area contributed by atoms with Crippen molar-refractivity contribution in [2.75, 3.05) is 38.2 Å². The van der Waals surface area contributed by atoms with E-state index in [4.69, 9.17) is 28.6 Å². The van der Waals surface area contributed by atoms with Gasteiger partial charge in [0, 0.05) is 29.1 Å². The minimum Gasteiger partial charge on any atom is -0.331 e. The number of benzene rings is 2. The summed E-state index contributed by atoms with van der Waals surface area (Å²) in [5.74, 6) is 0. The maximum Gasteiger partial charge on any atom is 0.263 e. The zero-order valence-corrected chi connectivity index (χ0v) is 22.5. The van der Waals surface area contributed by atoms with E-state index in [1.165, 1.54) is 12.1 Å². The van der Waals surface area contributed by atoms with Crippen molar-refractivity contribution in [3.63, 3.8) is 0 Å². The second kappa shape index (κ2) is 10.9. The number of nitrogens with zero attached hydrogens (tertiary/aromatic N) is 4. The number of hydrogen-bond acceptors (Lipinski definition) is 4. The van der Waals surface area contributed by atoms with Gasteiger partial charge >= 0.3 is 0 Å². The molecule has 0 fully saturated rings. The van der Waals surface area contributed by atoms with E-state index in [9.17, 15) is 8.42 Å². The van der Waals surface area contributed by atoms with Crippen LogP contribution in [0, 0.1) is 0 Å². The highest BCUT2D eigenvalue weighted by Gasteiger charge is 2.29. The van der Waals surface area contributed by atoms with Crippen molar-refractivity contribution in [2.24, 2.45) is 4.74 Å². The van der Waals surface area contributed by atoms with Crippen LogP contribution in [0.4, 0.5) is 11.4 Å². The van der Waals surface area contributed by atoms with E-state index in [-0.39, 0.29) is 15.0 Å². The second-order valence-corrected chi connectivity index (χ2v) is 13.5. The van der Waals surface area contributed by atoms with Crippen LogP contribution in [0.1, 0.15) is 0 Å². The lowest BCUT2D eigenvalue weighted by Gasteiger charge is -2.36. The van der Waals surface area contributed by atoms with Gasteiger partial charge in [-0.1, -0.05) is 29.8 Å². The first-order valence-corrected chi connectivity index (χ1v) is 14.0. The molecule has 0 aliphatic rings. The van der Waals surface area contributed by atoms with Crippen LogP contribution in [0.3, 0.4) is 0 Å². The van der Waals surface area contributed by atoms with E-state index >= 15 is 0 Å². The first-order valence-electron chi connectivity index (χ1n) is 10.1. The quantitative estimate of drug-likeness (QED) is 0.334. The molecule has 0 saturated heterocycles. The Bertz CT molecular complexity index is 1310. The van der Waals surface area contributed by atoms with Crippen LogP contribution in [0.2, 0.25) is 5.02 Å². The smallest absolute Gasteiger partial charge is 0.263 e. The maximum absolute atomic E-state index is 13.0. The predicted octanol–water partition coefficient (Wildman–Crippen LogP) is 4.71. The highest BCUT2D eigenvalue weighted by molar-refractivity contribution is 7.92. The van der Waals surface area contributed by atoms with E-state index in [1.54, 1.807) is 48.8 Å². The lowest BCUT2D eigenvalue weighted by molar-refractivity contribution is 0.572. The molecule has 1 aromatic heterocycles. The largest absolute Gasteiger partial charge is 0.331 e. The van der Waals surface area contributed by atoms with Crippen molar-refractivity contribution >= 4 is 63.0 Å². The number of pyridine rings is 1. The van der Waals surface area contributed by atoms with Gasteiger partial charge in [0.05, 0.1) is 5.02 Å². The van der Waals surface area contributed by atoms with Gasteiger partial charge in [0.2, 0.25) is 0 Å². The third-order valence-electron chi connectivity index (χ3n) is 4.85. The average Bonchev–Trinajstić information content (AvgIpc) is 2.79. The first kappa shape index (κ1) is 26.3.